The molecule has 2 nitrogen and oxygen atoms in total. The van der Waals surface area contributed by atoms with Gasteiger partial charge < -0.3 is 0 Å². The summed E-state index contributed by atoms with van der Waals surface area (Å²) < 4.78 is 36.5. The molecule has 0 N–H and O–H groups in total. The van der Waals surface area contributed by atoms with Crippen molar-refractivity contribution >= 4 is 13.4 Å². The van der Waals surface area contributed by atoms with E-state index in [0.29, 0.717) is 0 Å². The summed E-state index contributed by atoms with van der Waals surface area (Å²) in [7, 11) is 6.49. The molecule has 1 rings (SSSR count). The van der Waals surface area contributed by atoms with E-state index in [1.165, 1.54) is 7.05 Å². The van der Waals surface area contributed by atoms with Crippen molar-refractivity contribution in [2.45, 2.75) is 6.18 Å². The molecule has 0 bridgehead atoms. The Hall–Kier alpha value is -0.935. The lowest BCUT2D eigenvalue weighted by molar-refractivity contribution is -0.141. The van der Waals surface area contributed by atoms with Gasteiger partial charge in [-0.05, 0) is 11.7 Å². The van der Waals surface area contributed by atoms with Crippen molar-refractivity contribution in [1.82, 2.24) is 9.78 Å². The van der Waals surface area contributed by atoms with Gasteiger partial charge >= 0.3 is 6.18 Å². The van der Waals surface area contributed by atoms with Crippen molar-refractivity contribution in [3.05, 3.63) is 11.8 Å². The van der Waals surface area contributed by atoms with E-state index in [9.17, 15) is 13.2 Å². The van der Waals surface area contributed by atoms with Crippen LogP contribution in [0.5, 0.6) is 0 Å². The number of hydrogen-bond acceptors (Lipinski definition) is 1. The van der Waals surface area contributed by atoms with Gasteiger partial charge in [-0.3, -0.25) is 4.68 Å². The van der Waals surface area contributed by atoms with E-state index in [-0.39, 0.29) is 5.59 Å². The third kappa shape index (κ3) is 1.55. The van der Waals surface area contributed by atoms with Crippen LogP contribution in [-0.2, 0) is 13.2 Å². The molecule has 0 aliphatic rings. The van der Waals surface area contributed by atoms with E-state index in [1.54, 1.807) is 0 Å². The average molecular weight is 160 g/mol. The van der Waals surface area contributed by atoms with E-state index in [4.69, 9.17) is 7.85 Å². The second kappa shape index (κ2) is 2.28. The first-order valence-electron chi connectivity index (χ1n) is 2.78. The summed E-state index contributed by atoms with van der Waals surface area (Å²) >= 11 is 0. The second-order valence-corrected chi connectivity index (χ2v) is 2.08. The monoisotopic (exact) mass is 160 g/mol. The highest BCUT2D eigenvalue weighted by Gasteiger charge is 2.33. The molecule has 0 spiro atoms. The molecule has 6 heteroatoms. The van der Waals surface area contributed by atoms with Gasteiger partial charge in [0, 0.05) is 7.05 Å². The van der Waals surface area contributed by atoms with Crippen molar-refractivity contribution in [3.8, 4) is 0 Å². The molecular weight excluding hydrogens is 156 g/mol. The molecule has 0 aliphatic carbocycles. The molecule has 0 atom stereocenters. The Labute approximate surface area is 62.4 Å². The predicted molar refractivity (Wildman–Crippen MR) is 33.6 cm³/mol. The number of aryl methyl sites for hydroxylation is 1. The minimum absolute atomic E-state index is 0.00248. The van der Waals surface area contributed by atoms with Gasteiger partial charge in [-0.25, -0.2) is 0 Å². The smallest absolute Gasteiger partial charge is 0.283 e. The van der Waals surface area contributed by atoms with Gasteiger partial charge in [0.15, 0.2) is 5.69 Å². The van der Waals surface area contributed by atoms with Crippen molar-refractivity contribution < 1.29 is 13.2 Å². The van der Waals surface area contributed by atoms with Crippen molar-refractivity contribution in [1.29, 1.82) is 0 Å². The first-order valence-corrected chi connectivity index (χ1v) is 2.78. The lowest BCUT2D eigenvalue weighted by Gasteiger charge is -1.99. The predicted octanol–water partition coefficient (Wildman–Crippen LogP) is 0.233. The highest BCUT2D eigenvalue weighted by Crippen LogP contribution is 2.26. The Morgan fingerprint density at radius 2 is 2.09 bits per heavy atom. The normalized spacial score (nSPS) is 12.0. The lowest BCUT2D eigenvalue weighted by Crippen LogP contribution is -2.13. The van der Waals surface area contributed by atoms with Gasteiger partial charge in [0.05, 0.1) is 0 Å². The lowest BCUT2D eigenvalue weighted by atomic mass is 10.1. The number of rotatable bonds is 0. The molecule has 0 saturated carbocycles. The quantitative estimate of drug-likeness (QED) is 0.496. The Morgan fingerprint density at radius 1 is 1.55 bits per heavy atom. The summed E-state index contributed by atoms with van der Waals surface area (Å²) in [6.45, 7) is 0. The topological polar surface area (TPSA) is 17.8 Å². The maximum Gasteiger partial charge on any atom is 0.435 e. The molecular formula is C5H4BF3N2. The zero-order valence-corrected chi connectivity index (χ0v) is 5.68. The zero-order chi connectivity index (χ0) is 8.65. The average Bonchev–Trinajstić information content (AvgIpc) is 2.11. The number of halogens is 3. The van der Waals surface area contributed by atoms with Gasteiger partial charge in [-0.1, -0.05) is 0 Å². The maximum atomic E-state index is 11.8. The van der Waals surface area contributed by atoms with Crippen LogP contribution < -0.4 is 5.59 Å². The second-order valence-electron chi connectivity index (χ2n) is 2.08. The molecule has 0 amide bonds. The summed E-state index contributed by atoms with van der Waals surface area (Å²) in [5.74, 6) is 0. The van der Waals surface area contributed by atoms with Crippen LogP contribution in [0.1, 0.15) is 5.69 Å². The molecule has 0 aliphatic heterocycles. The van der Waals surface area contributed by atoms with Gasteiger partial charge in [-0.15, -0.1) is 0 Å². The molecule has 0 fully saturated rings. The molecule has 1 aromatic rings. The highest BCUT2D eigenvalue weighted by molar-refractivity contribution is 6.30. The fourth-order valence-electron chi connectivity index (χ4n) is 0.620. The molecule has 1 aromatic heterocycles. The Kier molecular flexibility index (Phi) is 1.70. The van der Waals surface area contributed by atoms with E-state index >= 15 is 0 Å². The molecule has 0 unspecified atom stereocenters. The SMILES string of the molecule is [B]c1cc(C(F)(F)F)nn1C. The summed E-state index contributed by atoms with van der Waals surface area (Å²) in [6.07, 6.45) is -4.41. The van der Waals surface area contributed by atoms with Crippen LogP contribution in [0.15, 0.2) is 6.07 Å². The van der Waals surface area contributed by atoms with Crippen LogP contribution in [0.3, 0.4) is 0 Å². The first-order chi connectivity index (χ1) is 4.91. The van der Waals surface area contributed by atoms with Gasteiger partial charge in [0.2, 0.25) is 0 Å². The minimum atomic E-state index is -4.41. The maximum absolute atomic E-state index is 11.8. The largest absolute Gasteiger partial charge is 0.435 e. The van der Waals surface area contributed by atoms with E-state index in [2.05, 4.69) is 5.10 Å². The summed E-state index contributed by atoms with van der Waals surface area (Å²) in [4.78, 5) is 0. The van der Waals surface area contributed by atoms with Crippen LogP contribution in [0.4, 0.5) is 13.2 Å². The Bertz CT molecular complexity index is 246. The van der Waals surface area contributed by atoms with Crippen molar-refractivity contribution in [3.63, 3.8) is 0 Å². The van der Waals surface area contributed by atoms with Crippen molar-refractivity contribution in [2.24, 2.45) is 7.05 Å². The number of nitrogens with zero attached hydrogens (tertiary/aromatic N) is 2. The third-order valence-electron chi connectivity index (χ3n) is 1.21. The van der Waals surface area contributed by atoms with Crippen LogP contribution in [0.25, 0.3) is 0 Å². The van der Waals surface area contributed by atoms with Crippen molar-refractivity contribution in [2.75, 3.05) is 0 Å². The molecule has 11 heavy (non-hydrogen) atoms. The fourth-order valence-corrected chi connectivity index (χ4v) is 0.620. The standard InChI is InChI=1S/C5H4BF3N2/c1-11-4(6)2-3(10-11)5(7,8)9/h2H,1H3. The first kappa shape index (κ1) is 8.16. The number of aromatic nitrogens is 2. The van der Waals surface area contributed by atoms with Crippen LogP contribution in [0.2, 0.25) is 0 Å². The van der Waals surface area contributed by atoms with Crippen LogP contribution >= 0.6 is 0 Å². The highest BCUT2D eigenvalue weighted by atomic mass is 19.4. The van der Waals surface area contributed by atoms with E-state index in [1.807, 2.05) is 0 Å². The number of hydrogen-bond donors (Lipinski definition) is 0. The summed E-state index contributed by atoms with van der Waals surface area (Å²) in [5.41, 5.74) is -0.963. The van der Waals surface area contributed by atoms with Crippen LogP contribution in [-0.4, -0.2) is 17.6 Å². The molecule has 0 saturated heterocycles. The van der Waals surface area contributed by atoms with E-state index < -0.39 is 11.9 Å². The number of alkyl halides is 3. The van der Waals surface area contributed by atoms with Gasteiger partial charge in [-0.2, -0.15) is 18.3 Å². The Morgan fingerprint density at radius 3 is 2.27 bits per heavy atom. The minimum Gasteiger partial charge on any atom is -0.283 e. The molecule has 58 valence electrons. The summed E-state index contributed by atoms with van der Waals surface area (Å²) in [6, 6.07) is 0.792. The molecule has 0 aromatic carbocycles. The van der Waals surface area contributed by atoms with Gasteiger partial charge in [0.1, 0.15) is 7.85 Å². The Balaban J connectivity index is 3.08. The zero-order valence-electron chi connectivity index (χ0n) is 5.68. The van der Waals surface area contributed by atoms with E-state index in [0.717, 1.165) is 10.7 Å². The summed E-state index contributed by atoms with van der Waals surface area (Å²) in [5, 5.41) is 3.15. The van der Waals surface area contributed by atoms with Crippen LogP contribution in [0, 0.1) is 0 Å². The van der Waals surface area contributed by atoms with Gasteiger partial charge in [0.25, 0.3) is 0 Å². The molecule has 1 heterocycles. The fraction of sp³-hybridized carbons (Fsp3) is 0.400. The molecule has 2 radical (unpaired) electrons. The third-order valence-corrected chi connectivity index (χ3v) is 1.21.